The Morgan fingerprint density at radius 3 is 2.94 bits per heavy atom. The highest BCUT2D eigenvalue weighted by atomic mass is 79.9. The third-order valence-electron chi connectivity index (χ3n) is 2.62. The number of nitrogens with zero attached hydrogens (tertiary/aromatic N) is 3. The van der Waals surface area contributed by atoms with Gasteiger partial charge in [-0.05, 0) is 11.6 Å². The van der Waals surface area contributed by atoms with Crippen LogP contribution in [0.4, 0.5) is 5.82 Å². The lowest BCUT2D eigenvalue weighted by molar-refractivity contribution is 1.09. The zero-order valence-electron chi connectivity index (χ0n) is 9.39. The molecule has 0 amide bonds. The molecule has 0 unspecified atom stereocenters. The van der Waals surface area contributed by atoms with Crippen LogP contribution in [0.15, 0.2) is 41.4 Å². The van der Waals surface area contributed by atoms with E-state index in [2.05, 4.69) is 47.2 Å². The predicted octanol–water partition coefficient (Wildman–Crippen LogP) is 2.73. The molecule has 18 heavy (non-hydrogen) atoms. The Kier molecular flexibility index (Phi) is 2.93. The van der Waals surface area contributed by atoms with Crippen molar-refractivity contribution in [3.05, 3.63) is 47.0 Å². The van der Waals surface area contributed by atoms with E-state index in [0.717, 1.165) is 21.5 Å². The molecule has 0 aliphatic carbocycles. The third kappa shape index (κ3) is 2.06. The van der Waals surface area contributed by atoms with E-state index in [1.807, 2.05) is 18.2 Å². The van der Waals surface area contributed by atoms with E-state index in [9.17, 15) is 0 Å². The van der Waals surface area contributed by atoms with Crippen molar-refractivity contribution in [2.45, 2.75) is 6.54 Å². The van der Waals surface area contributed by atoms with Crippen molar-refractivity contribution < 1.29 is 0 Å². The average molecular weight is 304 g/mol. The minimum Gasteiger partial charge on any atom is -0.364 e. The zero-order valence-corrected chi connectivity index (χ0v) is 11.0. The molecule has 5 nitrogen and oxygen atoms in total. The van der Waals surface area contributed by atoms with Gasteiger partial charge in [-0.2, -0.15) is 0 Å². The molecule has 2 N–H and O–H groups in total. The number of imidazole rings is 1. The number of rotatable bonds is 3. The highest BCUT2D eigenvalue weighted by molar-refractivity contribution is 9.10. The molecule has 0 atom stereocenters. The topological polar surface area (TPSA) is 66.5 Å². The number of H-pyrrole nitrogens is 1. The van der Waals surface area contributed by atoms with Gasteiger partial charge in [0.25, 0.3) is 0 Å². The molecule has 0 saturated carbocycles. The maximum atomic E-state index is 4.20. The summed E-state index contributed by atoms with van der Waals surface area (Å²) >= 11 is 3.52. The molecule has 0 fully saturated rings. The summed E-state index contributed by atoms with van der Waals surface area (Å²) < 4.78 is 1.07. The van der Waals surface area contributed by atoms with Crippen LogP contribution in [0.2, 0.25) is 0 Å². The van der Waals surface area contributed by atoms with Crippen LogP contribution in [-0.2, 0) is 6.54 Å². The van der Waals surface area contributed by atoms with E-state index in [4.69, 9.17) is 0 Å². The van der Waals surface area contributed by atoms with Gasteiger partial charge in [0, 0.05) is 11.0 Å². The van der Waals surface area contributed by atoms with Crippen LogP contribution in [0.5, 0.6) is 0 Å². The van der Waals surface area contributed by atoms with Crippen LogP contribution in [0.25, 0.3) is 11.2 Å². The normalized spacial score (nSPS) is 10.7. The minimum atomic E-state index is 0.681. The van der Waals surface area contributed by atoms with Gasteiger partial charge in [0.05, 0.1) is 6.33 Å². The molecular formula is C12H10BrN5. The van der Waals surface area contributed by atoms with Crippen molar-refractivity contribution in [3.63, 3.8) is 0 Å². The van der Waals surface area contributed by atoms with Crippen molar-refractivity contribution in [2.24, 2.45) is 0 Å². The number of anilines is 1. The number of aromatic amines is 1. The van der Waals surface area contributed by atoms with Gasteiger partial charge >= 0.3 is 0 Å². The first-order valence-corrected chi connectivity index (χ1v) is 6.25. The number of nitrogens with one attached hydrogen (secondary N) is 2. The predicted molar refractivity (Wildman–Crippen MR) is 73.2 cm³/mol. The highest BCUT2D eigenvalue weighted by Crippen LogP contribution is 2.19. The summed E-state index contributed by atoms with van der Waals surface area (Å²) in [6, 6.07) is 8.07. The maximum Gasteiger partial charge on any atom is 0.162 e. The molecule has 2 heterocycles. The molecule has 1 aromatic carbocycles. The molecule has 0 saturated heterocycles. The minimum absolute atomic E-state index is 0.681. The SMILES string of the molecule is Brc1ccccc1CNc1ncnc2[nH]cnc12. The molecule has 6 heteroatoms. The fraction of sp³-hybridized carbons (Fsp3) is 0.0833. The van der Waals surface area contributed by atoms with Crippen LogP contribution in [0, 0.1) is 0 Å². The van der Waals surface area contributed by atoms with Crippen LogP contribution in [0.3, 0.4) is 0 Å². The van der Waals surface area contributed by atoms with E-state index < -0.39 is 0 Å². The van der Waals surface area contributed by atoms with Gasteiger partial charge in [0.2, 0.25) is 0 Å². The first kappa shape index (κ1) is 11.2. The quantitative estimate of drug-likeness (QED) is 0.781. The summed E-state index contributed by atoms with van der Waals surface area (Å²) in [7, 11) is 0. The standard InChI is InChI=1S/C12H10BrN5/c13-9-4-2-1-3-8(9)5-14-11-10-12(16-6-15-10)18-7-17-11/h1-4,6-7H,5H2,(H2,14,15,16,17,18). The van der Waals surface area contributed by atoms with Crippen LogP contribution >= 0.6 is 15.9 Å². The second kappa shape index (κ2) is 4.73. The Morgan fingerprint density at radius 2 is 2.06 bits per heavy atom. The van der Waals surface area contributed by atoms with Gasteiger partial charge in [-0.3, -0.25) is 0 Å². The number of hydrogen-bond acceptors (Lipinski definition) is 4. The average Bonchev–Trinajstić information content (AvgIpc) is 2.86. The second-order valence-electron chi connectivity index (χ2n) is 3.77. The summed E-state index contributed by atoms with van der Waals surface area (Å²) in [5.74, 6) is 0.733. The van der Waals surface area contributed by atoms with Crippen molar-refractivity contribution in [1.29, 1.82) is 0 Å². The van der Waals surface area contributed by atoms with Crippen molar-refractivity contribution in [1.82, 2.24) is 19.9 Å². The van der Waals surface area contributed by atoms with Crippen molar-refractivity contribution in [3.8, 4) is 0 Å². The lowest BCUT2D eigenvalue weighted by atomic mass is 10.2. The third-order valence-corrected chi connectivity index (χ3v) is 3.39. The first-order valence-electron chi connectivity index (χ1n) is 5.46. The number of fused-ring (bicyclic) bond motifs is 1. The molecule has 90 valence electrons. The van der Waals surface area contributed by atoms with Gasteiger partial charge in [-0.15, -0.1) is 0 Å². The first-order chi connectivity index (χ1) is 8.84. The van der Waals surface area contributed by atoms with E-state index in [-0.39, 0.29) is 0 Å². The van der Waals surface area contributed by atoms with E-state index in [1.54, 1.807) is 6.33 Å². The molecular weight excluding hydrogens is 294 g/mol. The fourth-order valence-corrected chi connectivity index (χ4v) is 2.14. The van der Waals surface area contributed by atoms with Crippen LogP contribution < -0.4 is 5.32 Å². The highest BCUT2D eigenvalue weighted by Gasteiger charge is 2.06. The van der Waals surface area contributed by atoms with Crippen LogP contribution in [0.1, 0.15) is 5.56 Å². The summed E-state index contributed by atoms with van der Waals surface area (Å²) in [5.41, 5.74) is 2.66. The Labute approximate surface area is 112 Å². The summed E-state index contributed by atoms with van der Waals surface area (Å²) in [5, 5.41) is 3.27. The van der Waals surface area contributed by atoms with Gasteiger partial charge in [-0.1, -0.05) is 34.1 Å². The van der Waals surface area contributed by atoms with Gasteiger partial charge in [0.1, 0.15) is 11.8 Å². The lowest BCUT2D eigenvalue weighted by Crippen LogP contribution is -2.03. The van der Waals surface area contributed by atoms with Gasteiger partial charge in [0.15, 0.2) is 11.5 Å². The Bertz CT molecular complexity index is 679. The molecule has 3 rings (SSSR count). The molecule has 0 spiro atoms. The molecule has 0 aliphatic heterocycles. The Hall–Kier alpha value is -1.95. The Morgan fingerprint density at radius 1 is 1.17 bits per heavy atom. The summed E-state index contributed by atoms with van der Waals surface area (Å²) in [6.45, 7) is 0.681. The molecule has 2 aromatic heterocycles. The lowest BCUT2D eigenvalue weighted by Gasteiger charge is -2.07. The largest absolute Gasteiger partial charge is 0.364 e. The fourth-order valence-electron chi connectivity index (χ4n) is 1.71. The van der Waals surface area contributed by atoms with E-state index in [1.165, 1.54) is 11.9 Å². The smallest absolute Gasteiger partial charge is 0.162 e. The van der Waals surface area contributed by atoms with Gasteiger partial charge in [-0.25, -0.2) is 15.0 Å². The zero-order chi connectivity index (χ0) is 12.4. The summed E-state index contributed by atoms with van der Waals surface area (Å²) in [6.07, 6.45) is 3.13. The molecule has 0 bridgehead atoms. The summed E-state index contributed by atoms with van der Waals surface area (Å²) in [4.78, 5) is 15.5. The number of halogens is 1. The number of benzene rings is 1. The Balaban J connectivity index is 1.85. The van der Waals surface area contributed by atoms with E-state index in [0.29, 0.717) is 6.54 Å². The van der Waals surface area contributed by atoms with Crippen LogP contribution in [-0.4, -0.2) is 19.9 Å². The van der Waals surface area contributed by atoms with Gasteiger partial charge < -0.3 is 10.3 Å². The van der Waals surface area contributed by atoms with Crippen molar-refractivity contribution in [2.75, 3.05) is 5.32 Å². The molecule has 0 aliphatic rings. The van der Waals surface area contributed by atoms with E-state index >= 15 is 0 Å². The number of aromatic nitrogens is 4. The molecule has 3 aromatic rings. The second-order valence-corrected chi connectivity index (χ2v) is 4.62. The maximum absolute atomic E-state index is 4.20. The monoisotopic (exact) mass is 303 g/mol. The number of hydrogen-bond donors (Lipinski definition) is 2. The molecule has 0 radical (unpaired) electrons. The van der Waals surface area contributed by atoms with Crippen molar-refractivity contribution >= 4 is 32.9 Å².